The highest BCUT2D eigenvalue weighted by atomic mass is 32.1. The fraction of sp³-hybridized carbons (Fsp3) is 0.308. The topological polar surface area (TPSA) is 99.2 Å². The van der Waals surface area contributed by atoms with Gasteiger partial charge in [0.05, 0.1) is 16.8 Å². The predicted octanol–water partition coefficient (Wildman–Crippen LogP) is 1.64. The van der Waals surface area contributed by atoms with Crippen molar-refractivity contribution in [2.45, 2.75) is 0 Å². The molecule has 0 amide bonds. The van der Waals surface area contributed by atoms with Gasteiger partial charge in [-0.1, -0.05) is 0 Å². The van der Waals surface area contributed by atoms with E-state index in [-0.39, 0.29) is 5.00 Å². The summed E-state index contributed by atoms with van der Waals surface area (Å²) in [6.45, 7) is 3.04. The molecule has 0 radical (unpaired) electrons. The van der Waals surface area contributed by atoms with Crippen LogP contribution in [0.25, 0.3) is 0 Å². The number of aromatic nitrogens is 2. The molecule has 3 rings (SSSR count). The molecule has 1 fully saturated rings. The summed E-state index contributed by atoms with van der Waals surface area (Å²) in [4.78, 5) is 22.7. The Morgan fingerprint density at radius 2 is 1.91 bits per heavy atom. The molecule has 0 unspecified atom stereocenters. The van der Waals surface area contributed by atoms with Crippen LogP contribution in [-0.2, 0) is 0 Å². The number of thiazole rings is 1. The van der Waals surface area contributed by atoms with Gasteiger partial charge in [0.15, 0.2) is 5.13 Å². The van der Waals surface area contributed by atoms with E-state index in [1.54, 1.807) is 12.3 Å². The van der Waals surface area contributed by atoms with E-state index in [9.17, 15) is 10.1 Å². The van der Waals surface area contributed by atoms with E-state index in [4.69, 9.17) is 5.26 Å². The Bertz CT molecular complexity index is 715. The monoisotopic (exact) mass is 316 g/mol. The van der Waals surface area contributed by atoms with E-state index in [2.05, 4.69) is 14.9 Å². The van der Waals surface area contributed by atoms with Crippen LogP contribution in [0, 0.1) is 21.4 Å². The molecule has 0 N–H and O–H groups in total. The summed E-state index contributed by atoms with van der Waals surface area (Å²) in [5.74, 6) is 0. The zero-order valence-corrected chi connectivity index (χ0v) is 12.4. The first-order valence-electron chi connectivity index (χ1n) is 6.63. The summed E-state index contributed by atoms with van der Waals surface area (Å²) in [5.41, 5.74) is 1.38. The molecule has 0 atom stereocenters. The second-order valence-electron chi connectivity index (χ2n) is 4.73. The van der Waals surface area contributed by atoms with Crippen LogP contribution >= 0.6 is 11.3 Å². The van der Waals surface area contributed by atoms with Gasteiger partial charge in [0.1, 0.15) is 18.0 Å². The molecule has 0 aromatic carbocycles. The molecule has 2 aromatic heterocycles. The Labute approximate surface area is 130 Å². The number of anilines is 2. The summed E-state index contributed by atoms with van der Waals surface area (Å²) in [7, 11) is 0. The Kier molecular flexibility index (Phi) is 3.84. The van der Waals surface area contributed by atoms with E-state index in [1.165, 1.54) is 6.20 Å². The van der Waals surface area contributed by atoms with Crippen molar-refractivity contribution in [3.63, 3.8) is 0 Å². The van der Waals surface area contributed by atoms with E-state index < -0.39 is 4.92 Å². The van der Waals surface area contributed by atoms with Crippen molar-refractivity contribution < 1.29 is 4.92 Å². The van der Waals surface area contributed by atoms with Crippen molar-refractivity contribution in [2.24, 2.45) is 0 Å². The lowest BCUT2D eigenvalue weighted by Crippen LogP contribution is -2.46. The number of hydrogen-bond donors (Lipinski definition) is 0. The van der Waals surface area contributed by atoms with Crippen LogP contribution in [0.3, 0.4) is 0 Å². The number of hydrogen-bond acceptors (Lipinski definition) is 8. The van der Waals surface area contributed by atoms with Gasteiger partial charge in [0.2, 0.25) is 0 Å². The molecule has 0 spiro atoms. The lowest BCUT2D eigenvalue weighted by Gasteiger charge is -2.35. The third kappa shape index (κ3) is 2.82. The minimum atomic E-state index is -0.417. The first-order chi connectivity index (χ1) is 10.7. The van der Waals surface area contributed by atoms with Gasteiger partial charge in [-0.3, -0.25) is 10.1 Å². The molecule has 0 bridgehead atoms. The van der Waals surface area contributed by atoms with Gasteiger partial charge >= 0.3 is 5.00 Å². The Morgan fingerprint density at radius 1 is 1.18 bits per heavy atom. The predicted molar refractivity (Wildman–Crippen MR) is 82.1 cm³/mol. The fourth-order valence-corrected chi connectivity index (χ4v) is 3.07. The van der Waals surface area contributed by atoms with Crippen LogP contribution in [0.15, 0.2) is 24.5 Å². The summed E-state index contributed by atoms with van der Waals surface area (Å²) in [5, 5.41) is 20.2. The van der Waals surface area contributed by atoms with Crippen LogP contribution in [-0.4, -0.2) is 41.1 Å². The first kappa shape index (κ1) is 14.2. The van der Waals surface area contributed by atoms with Gasteiger partial charge < -0.3 is 9.80 Å². The fourth-order valence-electron chi connectivity index (χ4n) is 2.28. The molecule has 2 aromatic rings. The van der Waals surface area contributed by atoms with Crippen LogP contribution < -0.4 is 9.80 Å². The average molecular weight is 316 g/mol. The summed E-state index contributed by atoms with van der Waals surface area (Å²) in [6, 6.07) is 5.58. The molecule has 8 nitrogen and oxygen atoms in total. The van der Waals surface area contributed by atoms with Gasteiger partial charge in [0.25, 0.3) is 0 Å². The maximum absolute atomic E-state index is 10.7. The van der Waals surface area contributed by atoms with Gasteiger partial charge in [0, 0.05) is 26.2 Å². The molecule has 9 heteroatoms. The quantitative estimate of drug-likeness (QED) is 0.627. The first-order valence-corrected chi connectivity index (χ1v) is 7.45. The van der Waals surface area contributed by atoms with Gasteiger partial charge in [-0.15, -0.1) is 0 Å². The minimum absolute atomic E-state index is 0.0636. The third-order valence-electron chi connectivity index (χ3n) is 3.44. The zero-order chi connectivity index (χ0) is 15.5. The van der Waals surface area contributed by atoms with Crippen molar-refractivity contribution in [3.05, 3.63) is 40.3 Å². The molecule has 3 heterocycles. The number of piperazine rings is 1. The Balaban J connectivity index is 1.64. The molecule has 1 aliphatic rings. The summed E-state index contributed by atoms with van der Waals surface area (Å²) < 4.78 is 0. The normalized spacial score (nSPS) is 14.7. The lowest BCUT2D eigenvalue weighted by atomic mass is 10.2. The molecule has 0 saturated carbocycles. The number of rotatable bonds is 3. The molecular weight excluding hydrogens is 304 g/mol. The number of nitro groups is 1. The molecule has 22 heavy (non-hydrogen) atoms. The number of pyridine rings is 1. The van der Waals surface area contributed by atoms with E-state index in [0.717, 1.165) is 43.2 Å². The SMILES string of the molecule is N#Cc1ccc(N2CCN(c3ncc([N+](=O)[O-])s3)CC2)cn1. The van der Waals surface area contributed by atoms with Crippen molar-refractivity contribution in [2.75, 3.05) is 36.0 Å². The highest BCUT2D eigenvalue weighted by Crippen LogP contribution is 2.29. The van der Waals surface area contributed by atoms with Crippen LogP contribution in [0.4, 0.5) is 15.8 Å². The van der Waals surface area contributed by atoms with Crippen molar-refractivity contribution >= 4 is 27.2 Å². The Morgan fingerprint density at radius 3 is 2.45 bits per heavy atom. The maximum Gasteiger partial charge on any atom is 0.345 e. The van der Waals surface area contributed by atoms with Crippen LogP contribution in [0.5, 0.6) is 0 Å². The van der Waals surface area contributed by atoms with Gasteiger partial charge in [-0.05, 0) is 23.5 Å². The largest absolute Gasteiger partial charge is 0.367 e. The highest BCUT2D eigenvalue weighted by molar-refractivity contribution is 7.18. The lowest BCUT2D eigenvalue weighted by molar-refractivity contribution is -0.380. The Hall–Kier alpha value is -2.73. The highest BCUT2D eigenvalue weighted by Gasteiger charge is 2.22. The second-order valence-corrected chi connectivity index (χ2v) is 5.71. The second kappa shape index (κ2) is 5.95. The number of nitrogens with zero attached hydrogens (tertiary/aromatic N) is 6. The molecule has 1 saturated heterocycles. The minimum Gasteiger partial charge on any atom is -0.367 e. The average Bonchev–Trinajstić information content (AvgIpc) is 3.05. The molecular formula is C13H12N6O2S. The summed E-state index contributed by atoms with van der Waals surface area (Å²) >= 11 is 1.10. The van der Waals surface area contributed by atoms with Crippen LogP contribution in [0.2, 0.25) is 0 Å². The molecule has 0 aliphatic carbocycles. The molecule has 1 aliphatic heterocycles. The third-order valence-corrected chi connectivity index (χ3v) is 4.45. The van der Waals surface area contributed by atoms with E-state index >= 15 is 0 Å². The van der Waals surface area contributed by atoms with Crippen molar-refractivity contribution in [1.29, 1.82) is 5.26 Å². The molecule has 112 valence electrons. The number of nitriles is 1. The van der Waals surface area contributed by atoms with Crippen molar-refractivity contribution in [1.82, 2.24) is 9.97 Å². The zero-order valence-electron chi connectivity index (χ0n) is 11.5. The van der Waals surface area contributed by atoms with Crippen molar-refractivity contribution in [3.8, 4) is 6.07 Å². The van der Waals surface area contributed by atoms with Gasteiger partial charge in [-0.25, -0.2) is 9.97 Å². The summed E-state index contributed by atoms with van der Waals surface area (Å²) in [6.07, 6.45) is 3.00. The standard InChI is InChI=1S/C13H12N6O2S/c14-7-10-1-2-11(8-15-10)17-3-5-18(6-4-17)13-16-9-12(22-13)19(20)21/h1-2,8-9H,3-6H2. The van der Waals surface area contributed by atoms with E-state index in [0.29, 0.717) is 10.8 Å². The van der Waals surface area contributed by atoms with E-state index in [1.807, 2.05) is 17.0 Å². The smallest absolute Gasteiger partial charge is 0.345 e. The maximum atomic E-state index is 10.7. The van der Waals surface area contributed by atoms with Crippen LogP contribution in [0.1, 0.15) is 5.69 Å². The van der Waals surface area contributed by atoms with Gasteiger partial charge in [-0.2, -0.15) is 5.26 Å².